The summed E-state index contributed by atoms with van der Waals surface area (Å²) in [7, 11) is 0. The molecule has 4 atom stereocenters. The Balaban J connectivity index is 1.45. The summed E-state index contributed by atoms with van der Waals surface area (Å²) in [4.78, 5) is 57.9. The van der Waals surface area contributed by atoms with E-state index in [9.17, 15) is 34.8 Å². The van der Waals surface area contributed by atoms with E-state index in [4.69, 9.17) is 18.9 Å². The molecular formula is C50H73N4O11. The van der Waals surface area contributed by atoms with Gasteiger partial charge in [-0.2, -0.15) is 0 Å². The van der Waals surface area contributed by atoms with Crippen LogP contribution in [0.1, 0.15) is 178 Å². The van der Waals surface area contributed by atoms with Crippen molar-refractivity contribution in [2.75, 3.05) is 26.4 Å². The predicted octanol–water partition coefficient (Wildman–Crippen LogP) is 8.31. The molecule has 15 heteroatoms. The molecule has 4 fully saturated rings. The molecule has 0 spiro atoms. The van der Waals surface area contributed by atoms with E-state index < -0.39 is 57.1 Å². The van der Waals surface area contributed by atoms with Gasteiger partial charge in [0.1, 0.15) is 0 Å². The number of carbonyl (C=O) groups is 4. The summed E-state index contributed by atoms with van der Waals surface area (Å²) in [5, 5.41) is 46.3. The van der Waals surface area contributed by atoms with E-state index in [-0.39, 0.29) is 94.2 Å². The molecule has 6 rings (SSSR count). The van der Waals surface area contributed by atoms with Crippen molar-refractivity contribution in [1.82, 2.24) is 20.5 Å². The Bertz CT molecular complexity index is 2150. The standard InChI is InChI=1S/C50H73N4O11/c1-43(2)21-29(47(9,10)51-43)25-62-39(55)33-17-18-35(41(57)64-27-31-23-45(5,6)53(60)49(31,13)14)38-36(42(58)65-28-32-24-46(7,8)54(61)50(32,15)16)20-19-34(37(33)38)40(56)63-26-30-22-44(3,4)52(59)48(30,11)12/h17-20,29-32,51H,21-28H2,1-16H3. The smallest absolute Gasteiger partial charge is 0.338 e. The summed E-state index contributed by atoms with van der Waals surface area (Å²) < 4.78 is 24.0. The quantitative estimate of drug-likeness (QED) is 0.159. The molecule has 4 saturated heterocycles. The molecule has 0 aromatic heterocycles. The highest BCUT2D eigenvalue weighted by Gasteiger charge is 2.55. The second-order valence-electron chi connectivity index (χ2n) is 24.1. The van der Waals surface area contributed by atoms with Crippen LogP contribution in [0, 0.1) is 23.7 Å². The molecular weight excluding hydrogens is 833 g/mol. The Morgan fingerprint density at radius 1 is 0.446 bits per heavy atom. The van der Waals surface area contributed by atoms with Gasteiger partial charge in [0.15, 0.2) is 0 Å². The molecule has 1 N–H and O–H groups in total. The van der Waals surface area contributed by atoms with Crippen LogP contribution in [0.25, 0.3) is 10.8 Å². The molecule has 0 aliphatic carbocycles. The number of nitrogens with one attached hydrogen (secondary N) is 1. The van der Waals surface area contributed by atoms with Gasteiger partial charge in [-0.05, 0) is 161 Å². The minimum atomic E-state index is -0.863. The fraction of sp³-hybridized carbons (Fsp3) is 0.720. The predicted molar refractivity (Wildman–Crippen MR) is 241 cm³/mol. The van der Waals surface area contributed by atoms with Crippen molar-refractivity contribution in [3.05, 3.63) is 46.5 Å². The molecule has 4 unspecified atom stereocenters. The van der Waals surface area contributed by atoms with Gasteiger partial charge in [-0.25, -0.2) is 19.2 Å². The monoisotopic (exact) mass is 906 g/mol. The van der Waals surface area contributed by atoms with E-state index in [1.807, 2.05) is 69.2 Å². The van der Waals surface area contributed by atoms with Gasteiger partial charge in [-0.3, -0.25) is 0 Å². The van der Waals surface area contributed by atoms with Crippen LogP contribution < -0.4 is 5.32 Å². The summed E-state index contributed by atoms with van der Waals surface area (Å²) in [5.41, 5.74) is -5.72. The van der Waals surface area contributed by atoms with Crippen molar-refractivity contribution in [2.45, 2.75) is 181 Å². The summed E-state index contributed by atoms with van der Waals surface area (Å²) in [6, 6.07) is 5.51. The number of esters is 4. The van der Waals surface area contributed by atoms with E-state index in [0.29, 0.717) is 19.3 Å². The minimum absolute atomic E-state index is 0.0435. The first-order valence-electron chi connectivity index (χ1n) is 23.1. The Kier molecular flexibility index (Phi) is 13.1. The summed E-state index contributed by atoms with van der Waals surface area (Å²) in [6.07, 6.45) is 2.08. The first kappa shape index (κ1) is 50.7. The molecule has 4 heterocycles. The van der Waals surface area contributed by atoms with Crippen LogP contribution >= 0.6 is 0 Å². The second kappa shape index (κ2) is 16.8. The number of carbonyl (C=O) groups excluding carboxylic acids is 4. The van der Waals surface area contributed by atoms with Crippen molar-refractivity contribution in [3.63, 3.8) is 0 Å². The second-order valence-corrected chi connectivity index (χ2v) is 24.1. The largest absolute Gasteiger partial charge is 0.462 e. The topological polar surface area (TPSA) is 187 Å². The number of benzene rings is 2. The molecule has 65 heavy (non-hydrogen) atoms. The van der Waals surface area contributed by atoms with Gasteiger partial charge in [-0.15, -0.1) is 30.8 Å². The minimum Gasteiger partial charge on any atom is -0.462 e. The van der Waals surface area contributed by atoms with Crippen LogP contribution in [0.2, 0.25) is 0 Å². The number of fused-ring (bicyclic) bond motifs is 1. The van der Waals surface area contributed by atoms with Crippen molar-refractivity contribution in [2.24, 2.45) is 23.7 Å². The first-order valence-corrected chi connectivity index (χ1v) is 23.1. The summed E-state index contributed by atoms with van der Waals surface area (Å²) in [5.74, 6) is -4.42. The van der Waals surface area contributed by atoms with Gasteiger partial charge in [0.05, 0.1) is 65.3 Å². The molecule has 15 nitrogen and oxygen atoms in total. The lowest BCUT2D eigenvalue weighted by atomic mass is 9.87. The average molecular weight is 906 g/mol. The maximum atomic E-state index is 14.5. The lowest BCUT2D eigenvalue weighted by Crippen LogP contribution is -2.47. The van der Waals surface area contributed by atoms with Gasteiger partial charge < -0.3 is 24.3 Å². The number of hydrogen-bond donors (Lipinski definition) is 1. The Morgan fingerprint density at radius 2 is 0.692 bits per heavy atom. The van der Waals surface area contributed by atoms with Crippen molar-refractivity contribution in [1.29, 1.82) is 0 Å². The lowest BCUT2D eigenvalue weighted by molar-refractivity contribution is -0.249. The SMILES string of the molecule is CC1(C)CC(COC(=O)c2ccc(C(=O)OCC3CC(C)(C)N([O])C3(C)C)c3c(C(=O)OCC4CC(C)(C)N([O])C4(C)C)ccc(C(=O)OCC4CC(C)(C)N([O])C4(C)C)c23)C(C)(C)N1. The summed E-state index contributed by atoms with van der Waals surface area (Å²) >= 11 is 0. The van der Waals surface area contributed by atoms with Crippen LogP contribution in [-0.4, -0.2) is 110 Å². The van der Waals surface area contributed by atoms with E-state index in [1.165, 1.54) is 24.3 Å². The molecule has 359 valence electrons. The fourth-order valence-corrected chi connectivity index (χ4v) is 11.8. The molecule has 0 saturated carbocycles. The number of rotatable bonds is 12. The maximum absolute atomic E-state index is 14.5. The highest BCUT2D eigenvalue weighted by Crippen LogP contribution is 2.47. The molecule has 2 aromatic carbocycles. The number of hydroxylamine groups is 6. The molecule has 4 aliphatic heterocycles. The van der Waals surface area contributed by atoms with E-state index in [2.05, 4.69) is 19.2 Å². The number of hydrogen-bond acceptors (Lipinski definition) is 12. The van der Waals surface area contributed by atoms with Gasteiger partial charge in [0.25, 0.3) is 0 Å². The third-order valence-electron chi connectivity index (χ3n) is 15.6. The van der Waals surface area contributed by atoms with Gasteiger partial charge in [0, 0.05) is 62.1 Å². The molecule has 2 aromatic rings. The Hall–Kier alpha value is -3.70. The Labute approximate surface area is 385 Å². The third kappa shape index (κ3) is 9.32. The maximum Gasteiger partial charge on any atom is 0.338 e. The van der Waals surface area contributed by atoms with Gasteiger partial charge >= 0.3 is 23.9 Å². The van der Waals surface area contributed by atoms with Crippen molar-refractivity contribution in [3.8, 4) is 0 Å². The van der Waals surface area contributed by atoms with Gasteiger partial charge in [-0.1, -0.05) is 0 Å². The fourth-order valence-electron chi connectivity index (χ4n) is 11.8. The average Bonchev–Trinajstić information content (AvgIpc) is 3.66. The van der Waals surface area contributed by atoms with E-state index in [1.54, 1.807) is 27.7 Å². The van der Waals surface area contributed by atoms with Crippen LogP contribution in [-0.2, 0) is 34.6 Å². The van der Waals surface area contributed by atoms with E-state index >= 15 is 0 Å². The van der Waals surface area contributed by atoms with Crippen LogP contribution in [0.3, 0.4) is 0 Å². The van der Waals surface area contributed by atoms with Crippen LogP contribution in [0.4, 0.5) is 0 Å². The molecule has 0 bridgehead atoms. The molecule has 4 aliphatic rings. The zero-order chi connectivity index (χ0) is 48.8. The van der Waals surface area contributed by atoms with Crippen molar-refractivity contribution < 1.29 is 53.7 Å². The normalized spacial score (nSPS) is 28.3. The zero-order valence-corrected chi connectivity index (χ0v) is 41.6. The third-order valence-corrected chi connectivity index (χ3v) is 15.6. The lowest BCUT2D eigenvalue weighted by Gasteiger charge is -2.33. The van der Waals surface area contributed by atoms with Crippen LogP contribution in [0.15, 0.2) is 24.3 Å². The Morgan fingerprint density at radius 3 is 0.892 bits per heavy atom. The highest BCUT2D eigenvalue weighted by atomic mass is 16.6. The van der Waals surface area contributed by atoms with Crippen LogP contribution in [0.5, 0.6) is 0 Å². The van der Waals surface area contributed by atoms with Gasteiger partial charge in [0.2, 0.25) is 0 Å². The number of ether oxygens (including phenoxy) is 4. The summed E-state index contributed by atoms with van der Waals surface area (Å²) in [6.45, 7) is 29.8. The zero-order valence-electron chi connectivity index (χ0n) is 41.6. The van der Waals surface area contributed by atoms with Crippen molar-refractivity contribution >= 4 is 34.6 Å². The molecule has 0 amide bonds. The van der Waals surface area contributed by atoms with E-state index in [0.717, 1.165) is 21.6 Å². The highest BCUT2D eigenvalue weighted by molar-refractivity contribution is 6.22. The number of nitrogens with zero attached hydrogens (tertiary/aromatic N) is 3. The molecule has 3 radical (unpaired) electrons. The first-order chi connectivity index (χ1) is 29.6.